The molecule has 3 aliphatic rings. The van der Waals surface area contributed by atoms with E-state index in [1.807, 2.05) is 35.2 Å². The Bertz CT molecular complexity index is 598. The lowest BCUT2D eigenvalue weighted by Gasteiger charge is -2.48. The quantitative estimate of drug-likeness (QED) is 0.806. The topological polar surface area (TPSA) is 42.0 Å². The minimum Gasteiger partial charge on any atom is -0.484 e. The molecule has 26 heavy (non-hydrogen) atoms. The summed E-state index contributed by atoms with van der Waals surface area (Å²) in [7, 11) is 0. The van der Waals surface area contributed by atoms with Crippen LogP contribution in [0.2, 0.25) is 0 Å². The van der Waals surface area contributed by atoms with Crippen LogP contribution in [0.5, 0.6) is 5.75 Å². The van der Waals surface area contributed by atoms with Gasteiger partial charge in [-0.25, -0.2) is 0 Å². The number of hydrogen-bond donors (Lipinski definition) is 0. The maximum absolute atomic E-state index is 12.5. The Morgan fingerprint density at radius 1 is 1.23 bits per heavy atom. The monoisotopic (exact) mass is 376 g/mol. The number of rotatable bonds is 4. The lowest BCUT2D eigenvalue weighted by molar-refractivity contribution is -0.154. The van der Waals surface area contributed by atoms with Crippen molar-refractivity contribution in [2.24, 2.45) is 0 Å². The SMILES string of the molecule is O=C(COc1ccccc1)N1CCC2(CC1)CN(C1CCSC1)CCO2. The molecule has 1 amide bonds. The second-order valence-electron chi connectivity index (χ2n) is 7.50. The minimum absolute atomic E-state index is 0.0530. The number of ether oxygens (including phenoxy) is 2. The Balaban J connectivity index is 1.27. The van der Waals surface area contributed by atoms with E-state index in [-0.39, 0.29) is 18.1 Å². The molecule has 0 bridgehead atoms. The van der Waals surface area contributed by atoms with Crippen molar-refractivity contribution in [1.29, 1.82) is 0 Å². The van der Waals surface area contributed by atoms with E-state index in [9.17, 15) is 4.79 Å². The van der Waals surface area contributed by atoms with Gasteiger partial charge in [0.15, 0.2) is 6.61 Å². The average Bonchev–Trinajstić information content (AvgIpc) is 3.23. The molecule has 0 saturated carbocycles. The molecule has 0 aliphatic carbocycles. The molecule has 3 heterocycles. The fourth-order valence-electron chi connectivity index (χ4n) is 4.22. The maximum Gasteiger partial charge on any atom is 0.260 e. The molecule has 0 N–H and O–H groups in total. The number of benzene rings is 1. The fraction of sp³-hybridized carbons (Fsp3) is 0.650. The van der Waals surface area contributed by atoms with Crippen molar-refractivity contribution in [3.63, 3.8) is 0 Å². The van der Waals surface area contributed by atoms with Crippen molar-refractivity contribution < 1.29 is 14.3 Å². The van der Waals surface area contributed by atoms with Crippen molar-refractivity contribution in [3.8, 4) is 5.75 Å². The Kier molecular flexibility index (Phi) is 5.72. The number of likely N-dealkylation sites (tertiary alicyclic amines) is 1. The maximum atomic E-state index is 12.5. The van der Waals surface area contributed by atoms with Crippen LogP contribution in [0.15, 0.2) is 30.3 Å². The van der Waals surface area contributed by atoms with Crippen LogP contribution in [-0.4, -0.2) is 78.2 Å². The molecule has 6 heteroatoms. The van der Waals surface area contributed by atoms with Crippen molar-refractivity contribution in [2.75, 3.05) is 50.9 Å². The number of morpholine rings is 1. The summed E-state index contributed by atoms with van der Waals surface area (Å²) in [5, 5.41) is 0. The van der Waals surface area contributed by atoms with Crippen molar-refractivity contribution in [1.82, 2.24) is 9.80 Å². The molecule has 1 atom stereocenters. The van der Waals surface area contributed by atoms with E-state index in [0.29, 0.717) is 0 Å². The highest BCUT2D eigenvalue weighted by molar-refractivity contribution is 7.99. The molecule has 0 radical (unpaired) electrons. The molecule has 3 aliphatic heterocycles. The van der Waals surface area contributed by atoms with Gasteiger partial charge in [0.05, 0.1) is 12.2 Å². The predicted octanol–water partition coefficient (Wildman–Crippen LogP) is 2.26. The fourth-order valence-corrected chi connectivity index (χ4v) is 5.47. The molecule has 1 spiro atoms. The van der Waals surface area contributed by atoms with Crippen molar-refractivity contribution in [2.45, 2.75) is 30.9 Å². The van der Waals surface area contributed by atoms with E-state index in [4.69, 9.17) is 9.47 Å². The third kappa shape index (κ3) is 4.18. The number of carbonyl (C=O) groups excluding carboxylic acids is 1. The van der Waals surface area contributed by atoms with Gasteiger partial charge < -0.3 is 14.4 Å². The second-order valence-corrected chi connectivity index (χ2v) is 8.65. The van der Waals surface area contributed by atoms with Crippen LogP contribution in [0, 0.1) is 0 Å². The van der Waals surface area contributed by atoms with E-state index in [1.165, 1.54) is 17.9 Å². The van der Waals surface area contributed by atoms with E-state index >= 15 is 0 Å². The zero-order valence-corrected chi connectivity index (χ0v) is 16.1. The number of nitrogens with zero attached hydrogens (tertiary/aromatic N) is 2. The summed E-state index contributed by atoms with van der Waals surface area (Å²) in [5.41, 5.74) is -0.0530. The summed E-state index contributed by atoms with van der Waals surface area (Å²) in [6, 6.07) is 10.3. The Morgan fingerprint density at radius 3 is 2.77 bits per heavy atom. The minimum atomic E-state index is -0.0530. The van der Waals surface area contributed by atoms with Crippen molar-refractivity contribution >= 4 is 17.7 Å². The number of carbonyl (C=O) groups is 1. The first-order valence-corrected chi connectivity index (χ1v) is 10.8. The molecular weight excluding hydrogens is 348 g/mol. The third-order valence-electron chi connectivity index (χ3n) is 5.83. The summed E-state index contributed by atoms with van der Waals surface area (Å²) in [5.74, 6) is 3.37. The van der Waals surface area contributed by atoms with Gasteiger partial charge in [-0.2, -0.15) is 11.8 Å². The molecule has 1 aromatic rings. The normalized spacial score (nSPS) is 26.2. The van der Waals surface area contributed by atoms with Gasteiger partial charge in [0.25, 0.3) is 5.91 Å². The number of para-hydroxylation sites is 1. The Labute approximate surface area is 160 Å². The molecule has 1 unspecified atom stereocenters. The zero-order valence-electron chi connectivity index (χ0n) is 15.3. The Hall–Kier alpha value is -1.24. The molecule has 142 valence electrons. The highest BCUT2D eigenvalue weighted by atomic mass is 32.2. The summed E-state index contributed by atoms with van der Waals surface area (Å²) < 4.78 is 11.8. The first-order valence-electron chi connectivity index (χ1n) is 9.66. The number of amides is 1. The Morgan fingerprint density at radius 2 is 2.04 bits per heavy atom. The van der Waals surface area contributed by atoms with Crippen LogP contribution in [0.4, 0.5) is 0 Å². The highest BCUT2D eigenvalue weighted by Gasteiger charge is 2.42. The van der Waals surface area contributed by atoms with Gasteiger partial charge >= 0.3 is 0 Å². The standard InChI is InChI=1S/C20H28N2O3S/c23-19(14-24-18-4-2-1-3-5-18)21-9-7-20(8-10-21)16-22(11-12-25-20)17-6-13-26-15-17/h1-5,17H,6-16H2. The van der Waals surface area contributed by atoms with E-state index in [0.717, 1.165) is 57.4 Å². The highest BCUT2D eigenvalue weighted by Crippen LogP contribution is 2.33. The lowest BCUT2D eigenvalue weighted by Crippen LogP contribution is -2.59. The van der Waals surface area contributed by atoms with Crippen LogP contribution in [-0.2, 0) is 9.53 Å². The number of hydrogen-bond acceptors (Lipinski definition) is 5. The largest absolute Gasteiger partial charge is 0.484 e. The summed E-state index contributed by atoms with van der Waals surface area (Å²) in [4.78, 5) is 17.0. The molecule has 3 saturated heterocycles. The number of piperidine rings is 1. The van der Waals surface area contributed by atoms with E-state index in [1.54, 1.807) is 0 Å². The first-order chi connectivity index (χ1) is 12.7. The van der Waals surface area contributed by atoms with Crippen LogP contribution in [0.25, 0.3) is 0 Å². The smallest absolute Gasteiger partial charge is 0.260 e. The van der Waals surface area contributed by atoms with Gasteiger partial charge in [0, 0.05) is 38.0 Å². The molecule has 5 nitrogen and oxygen atoms in total. The van der Waals surface area contributed by atoms with Crippen LogP contribution < -0.4 is 4.74 Å². The molecular formula is C20H28N2O3S. The summed E-state index contributed by atoms with van der Waals surface area (Å²) in [6.45, 7) is 4.56. The van der Waals surface area contributed by atoms with Gasteiger partial charge in [0.2, 0.25) is 0 Å². The molecule has 1 aromatic carbocycles. The number of thioether (sulfide) groups is 1. The average molecular weight is 377 g/mol. The molecule has 3 fully saturated rings. The van der Waals surface area contributed by atoms with Crippen LogP contribution in [0.3, 0.4) is 0 Å². The summed E-state index contributed by atoms with van der Waals surface area (Å²) >= 11 is 2.07. The summed E-state index contributed by atoms with van der Waals surface area (Å²) in [6.07, 6.45) is 3.17. The van der Waals surface area contributed by atoms with Crippen molar-refractivity contribution in [3.05, 3.63) is 30.3 Å². The van der Waals surface area contributed by atoms with E-state index in [2.05, 4.69) is 16.7 Å². The van der Waals surface area contributed by atoms with Crippen LogP contribution >= 0.6 is 11.8 Å². The van der Waals surface area contributed by atoms with Gasteiger partial charge in [0.1, 0.15) is 5.75 Å². The third-order valence-corrected chi connectivity index (χ3v) is 6.98. The molecule has 4 rings (SSSR count). The van der Waals surface area contributed by atoms with Crippen LogP contribution in [0.1, 0.15) is 19.3 Å². The van der Waals surface area contributed by atoms with Gasteiger partial charge in [-0.15, -0.1) is 0 Å². The predicted molar refractivity (Wildman–Crippen MR) is 104 cm³/mol. The first kappa shape index (κ1) is 18.1. The van der Waals surface area contributed by atoms with Gasteiger partial charge in [-0.3, -0.25) is 9.69 Å². The molecule has 0 aromatic heterocycles. The van der Waals surface area contributed by atoms with E-state index < -0.39 is 0 Å². The second kappa shape index (κ2) is 8.19. The van der Waals surface area contributed by atoms with Gasteiger partial charge in [-0.05, 0) is 37.1 Å². The zero-order chi connectivity index (χ0) is 17.8. The lowest BCUT2D eigenvalue weighted by atomic mass is 9.88. The van der Waals surface area contributed by atoms with Gasteiger partial charge in [-0.1, -0.05) is 18.2 Å².